The van der Waals surface area contributed by atoms with Crippen LogP contribution in [0.3, 0.4) is 0 Å². The molecule has 4 heteroatoms. The summed E-state index contributed by atoms with van der Waals surface area (Å²) in [5, 5.41) is 17.3. The molecule has 0 radical (unpaired) electrons. The molecule has 0 aromatic heterocycles. The van der Waals surface area contributed by atoms with E-state index in [4.69, 9.17) is 0 Å². The molecular weight excluding hydrogens is 392 g/mol. The van der Waals surface area contributed by atoms with Crippen molar-refractivity contribution in [1.29, 1.82) is 0 Å². The maximum atomic E-state index is 4.34. The molecule has 0 bridgehead atoms. The van der Waals surface area contributed by atoms with E-state index < -0.39 is 0 Å². The highest BCUT2D eigenvalue weighted by atomic mass is 15.1. The van der Waals surface area contributed by atoms with Gasteiger partial charge >= 0.3 is 0 Å². The first-order valence-corrected chi connectivity index (χ1v) is 11.0. The second kappa shape index (κ2) is 10.4. The number of aryl methyl sites for hydroxylation is 2. The van der Waals surface area contributed by atoms with Gasteiger partial charge in [0.2, 0.25) is 0 Å². The molecule has 0 amide bonds. The van der Waals surface area contributed by atoms with E-state index in [1.165, 1.54) is 11.1 Å². The summed E-state index contributed by atoms with van der Waals surface area (Å²) < 4.78 is 0. The first-order chi connectivity index (χ1) is 15.7. The number of hydrogen-bond acceptors (Lipinski definition) is 4. The van der Waals surface area contributed by atoms with Crippen LogP contribution in [0, 0.1) is 0 Å². The molecule has 4 nitrogen and oxygen atoms in total. The number of benzene rings is 4. The molecule has 0 fully saturated rings. The third-order valence-corrected chi connectivity index (χ3v) is 5.32. The van der Waals surface area contributed by atoms with Crippen LogP contribution in [0.15, 0.2) is 118 Å². The highest BCUT2D eigenvalue weighted by Gasteiger charge is 2.00. The van der Waals surface area contributed by atoms with Crippen molar-refractivity contribution >= 4 is 22.7 Å². The maximum Gasteiger partial charge on any atom is 0.0857 e. The van der Waals surface area contributed by atoms with Crippen molar-refractivity contribution in [3.63, 3.8) is 0 Å². The number of hydrogen-bond donors (Lipinski definition) is 0. The summed E-state index contributed by atoms with van der Waals surface area (Å²) in [7, 11) is 0. The average Bonchev–Trinajstić information content (AvgIpc) is 2.87. The lowest BCUT2D eigenvalue weighted by atomic mass is 10.1. The first-order valence-electron chi connectivity index (χ1n) is 11.0. The Bertz CT molecular complexity index is 1090. The van der Waals surface area contributed by atoms with E-state index in [1.807, 2.05) is 48.5 Å². The van der Waals surface area contributed by atoms with Crippen LogP contribution in [-0.4, -0.2) is 0 Å². The lowest BCUT2D eigenvalue weighted by molar-refractivity contribution is 1.13. The van der Waals surface area contributed by atoms with Gasteiger partial charge < -0.3 is 0 Å². The Labute approximate surface area is 189 Å². The fourth-order valence-corrected chi connectivity index (χ4v) is 3.27. The van der Waals surface area contributed by atoms with E-state index in [-0.39, 0.29) is 0 Å². The van der Waals surface area contributed by atoms with Crippen LogP contribution in [-0.2, 0) is 12.8 Å². The van der Waals surface area contributed by atoms with Crippen LogP contribution >= 0.6 is 0 Å². The molecule has 0 aliphatic carbocycles. The Morgan fingerprint density at radius 2 is 0.625 bits per heavy atom. The summed E-state index contributed by atoms with van der Waals surface area (Å²) in [5.41, 5.74) is 8.21. The van der Waals surface area contributed by atoms with Crippen LogP contribution in [0.1, 0.15) is 25.0 Å². The molecule has 0 unspecified atom stereocenters. The van der Waals surface area contributed by atoms with E-state index in [0.717, 1.165) is 46.7 Å². The number of rotatable bonds is 7. The summed E-state index contributed by atoms with van der Waals surface area (Å²) in [5.74, 6) is 0. The standard InChI is InChI=1S/C28H26N4/c1-3-21-5-13-25(14-6-21)29-31-27-17-9-23(10-18-27)24-11-19-28(20-12-24)32-30-26-15-7-22(4-2)8-16-26/h5-20H,3-4H2,1-2H3. The molecular formula is C28H26N4. The molecule has 0 saturated heterocycles. The second-order valence-electron chi connectivity index (χ2n) is 7.53. The molecule has 0 saturated carbocycles. The molecule has 0 aliphatic rings. The van der Waals surface area contributed by atoms with Gasteiger partial charge in [-0.25, -0.2) is 0 Å². The zero-order chi connectivity index (χ0) is 22.2. The molecule has 0 aliphatic heterocycles. The van der Waals surface area contributed by atoms with Crippen molar-refractivity contribution in [1.82, 2.24) is 0 Å². The van der Waals surface area contributed by atoms with Gasteiger partial charge in [-0.2, -0.15) is 20.5 Å². The van der Waals surface area contributed by atoms with Gasteiger partial charge in [0.05, 0.1) is 22.7 Å². The molecule has 158 valence electrons. The molecule has 4 rings (SSSR count). The van der Waals surface area contributed by atoms with Gasteiger partial charge in [-0.3, -0.25) is 0 Å². The average molecular weight is 419 g/mol. The topological polar surface area (TPSA) is 49.4 Å². The Hall–Kier alpha value is -3.92. The van der Waals surface area contributed by atoms with Gasteiger partial charge in [0.15, 0.2) is 0 Å². The number of nitrogens with zero attached hydrogens (tertiary/aromatic N) is 4. The molecule has 0 heterocycles. The van der Waals surface area contributed by atoms with E-state index in [1.54, 1.807) is 0 Å². The van der Waals surface area contributed by atoms with Crippen molar-refractivity contribution < 1.29 is 0 Å². The summed E-state index contributed by atoms with van der Waals surface area (Å²) >= 11 is 0. The Balaban J connectivity index is 1.40. The minimum atomic E-state index is 0.827. The van der Waals surface area contributed by atoms with Gasteiger partial charge in [0.1, 0.15) is 0 Å². The Kier molecular flexibility index (Phi) is 6.93. The predicted octanol–water partition coefficient (Wildman–Crippen LogP) is 9.31. The minimum absolute atomic E-state index is 0.827. The van der Waals surface area contributed by atoms with Crippen LogP contribution in [0.5, 0.6) is 0 Å². The summed E-state index contributed by atoms with van der Waals surface area (Å²) in [6.07, 6.45) is 2.05. The second-order valence-corrected chi connectivity index (χ2v) is 7.53. The van der Waals surface area contributed by atoms with Crippen LogP contribution in [0.25, 0.3) is 11.1 Å². The summed E-state index contributed by atoms with van der Waals surface area (Å²) in [6, 6.07) is 32.5. The molecule has 4 aromatic rings. The molecule has 0 atom stereocenters. The van der Waals surface area contributed by atoms with Crippen LogP contribution < -0.4 is 0 Å². The van der Waals surface area contributed by atoms with Gasteiger partial charge in [0.25, 0.3) is 0 Å². The van der Waals surface area contributed by atoms with Crippen molar-refractivity contribution in [3.05, 3.63) is 108 Å². The first kappa shape index (κ1) is 21.3. The van der Waals surface area contributed by atoms with Gasteiger partial charge in [-0.05, 0) is 83.6 Å². The highest BCUT2D eigenvalue weighted by molar-refractivity contribution is 5.67. The maximum absolute atomic E-state index is 4.34. The fraction of sp³-hybridized carbons (Fsp3) is 0.143. The summed E-state index contributed by atoms with van der Waals surface area (Å²) in [4.78, 5) is 0. The monoisotopic (exact) mass is 418 g/mol. The molecule has 32 heavy (non-hydrogen) atoms. The molecule has 0 N–H and O–H groups in total. The van der Waals surface area contributed by atoms with Crippen LogP contribution in [0.4, 0.5) is 22.7 Å². The van der Waals surface area contributed by atoms with Crippen molar-refractivity contribution in [2.75, 3.05) is 0 Å². The quantitative estimate of drug-likeness (QED) is 0.268. The Morgan fingerprint density at radius 1 is 0.375 bits per heavy atom. The number of azo groups is 2. The highest BCUT2D eigenvalue weighted by Crippen LogP contribution is 2.27. The van der Waals surface area contributed by atoms with E-state index in [2.05, 4.69) is 82.8 Å². The molecule has 0 spiro atoms. The fourth-order valence-electron chi connectivity index (χ4n) is 3.27. The zero-order valence-electron chi connectivity index (χ0n) is 18.4. The minimum Gasteiger partial charge on any atom is -0.151 e. The zero-order valence-corrected chi connectivity index (χ0v) is 18.4. The third kappa shape index (κ3) is 5.61. The SMILES string of the molecule is CCc1ccc(N=Nc2ccc(-c3ccc(N=Nc4ccc(CC)cc4)cc3)cc2)cc1. The van der Waals surface area contributed by atoms with Gasteiger partial charge in [-0.15, -0.1) is 0 Å². The largest absolute Gasteiger partial charge is 0.151 e. The summed E-state index contributed by atoms with van der Waals surface area (Å²) in [6.45, 7) is 4.28. The van der Waals surface area contributed by atoms with Gasteiger partial charge in [-0.1, -0.05) is 62.4 Å². The van der Waals surface area contributed by atoms with Crippen LogP contribution in [0.2, 0.25) is 0 Å². The van der Waals surface area contributed by atoms with Crippen molar-refractivity contribution in [2.45, 2.75) is 26.7 Å². The smallest absolute Gasteiger partial charge is 0.0857 e. The lowest BCUT2D eigenvalue weighted by Crippen LogP contribution is -1.77. The third-order valence-electron chi connectivity index (χ3n) is 5.32. The Morgan fingerprint density at radius 3 is 0.875 bits per heavy atom. The lowest BCUT2D eigenvalue weighted by Gasteiger charge is -2.03. The van der Waals surface area contributed by atoms with Crippen molar-refractivity contribution in [3.8, 4) is 11.1 Å². The van der Waals surface area contributed by atoms with Crippen molar-refractivity contribution in [2.24, 2.45) is 20.5 Å². The van der Waals surface area contributed by atoms with Gasteiger partial charge in [0, 0.05) is 0 Å². The van der Waals surface area contributed by atoms with E-state index in [0.29, 0.717) is 0 Å². The van der Waals surface area contributed by atoms with E-state index in [9.17, 15) is 0 Å². The van der Waals surface area contributed by atoms with E-state index >= 15 is 0 Å². The molecule has 4 aromatic carbocycles. The normalized spacial score (nSPS) is 11.4. The predicted molar refractivity (Wildman–Crippen MR) is 132 cm³/mol.